The van der Waals surface area contributed by atoms with E-state index in [4.69, 9.17) is 0 Å². The number of carbonyl (C=O) groups excluding carboxylic acids is 1. The van der Waals surface area contributed by atoms with Gasteiger partial charge in [-0.1, -0.05) is 21.6 Å². The quantitative estimate of drug-likeness (QED) is 0.476. The van der Waals surface area contributed by atoms with Crippen molar-refractivity contribution in [3.63, 3.8) is 0 Å². The molecule has 50 valence electrons. The van der Waals surface area contributed by atoms with Crippen molar-refractivity contribution in [3.8, 4) is 0 Å². The molecule has 9 heavy (non-hydrogen) atoms. The number of thioether (sulfide) groups is 1. The van der Waals surface area contributed by atoms with Gasteiger partial charge in [-0.3, -0.25) is 4.79 Å². The lowest BCUT2D eigenvalue weighted by Crippen LogP contribution is -1.79. The third-order valence-corrected chi connectivity index (χ3v) is 4.43. The zero-order valence-electron chi connectivity index (χ0n) is 4.92. The van der Waals surface area contributed by atoms with Crippen LogP contribution in [0.15, 0.2) is 9.81 Å². The van der Waals surface area contributed by atoms with Crippen LogP contribution in [-0.2, 0) is 4.79 Å². The molecule has 0 radical (unpaired) electrons. The first kappa shape index (κ1) is 7.57. The number of hydrogen-bond acceptors (Lipinski definition) is 4. The molecule has 0 aromatic carbocycles. The molecule has 0 bridgehead atoms. The molecule has 0 unspecified atom stereocenters. The maximum Gasteiger partial charge on any atom is 0.158 e. The van der Waals surface area contributed by atoms with E-state index in [-0.39, 0.29) is 0 Å². The van der Waals surface area contributed by atoms with Crippen molar-refractivity contribution in [1.29, 1.82) is 0 Å². The summed E-state index contributed by atoms with van der Waals surface area (Å²) in [5, 5.41) is 0. The van der Waals surface area contributed by atoms with Crippen LogP contribution >= 0.6 is 33.3 Å². The average Bonchev–Trinajstić information content (AvgIpc) is 2.33. The van der Waals surface area contributed by atoms with Crippen LogP contribution in [0.1, 0.15) is 0 Å². The number of carbonyl (C=O) groups is 1. The van der Waals surface area contributed by atoms with Crippen LogP contribution in [0.3, 0.4) is 0 Å². The second kappa shape index (κ2) is 3.58. The molecule has 0 amide bonds. The van der Waals surface area contributed by atoms with Gasteiger partial charge in [-0.2, -0.15) is 0 Å². The van der Waals surface area contributed by atoms with Crippen molar-refractivity contribution in [3.05, 3.63) is 9.81 Å². The summed E-state index contributed by atoms with van der Waals surface area (Å²) in [6.45, 7) is 0. The van der Waals surface area contributed by atoms with Crippen LogP contribution in [0.5, 0.6) is 0 Å². The molecule has 1 heterocycles. The first-order valence-electron chi connectivity index (χ1n) is 2.40. The van der Waals surface area contributed by atoms with Crippen LogP contribution in [0.25, 0.3) is 0 Å². The molecule has 4 heteroatoms. The van der Waals surface area contributed by atoms with Gasteiger partial charge in [0.25, 0.3) is 0 Å². The van der Waals surface area contributed by atoms with E-state index in [1.807, 2.05) is 6.26 Å². The summed E-state index contributed by atoms with van der Waals surface area (Å²) in [5.41, 5.74) is 0. The van der Waals surface area contributed by atoms with Gasteiger partial charge in [0.1, 0.15) is 0 Å². The van der Waals surface area contributed by atoms with E-state index in [0.29, 0.717) is 0 Å². The van der Waals surface area contributed by atoms with Crippen molar-refractivity contribution < 1.29 is 4.79 Å². The molecule has 1 aliphatic rings. The fraction of sp³-hybridized carbons (Fsp3) is 0.400. The van der Waals surface area contributed by atoms with Gasteiger partial charge in [0.05, 0.1) is 4.91 Å². The minimum Gasteiger partial charge on any atom is -0.297 e. The van der Waals surface area contributed by atoms with E-state index in [9.17, 15) is 4.79 Å². The Morgan fingerprint density at radius 2 is 2.56 bits per heavy atom. The summed E-state index contributed by atoms with van der Waals surface area (Å²) in [5.74, 6) is 1.000. The van der Waals surface area contributed by atoms with Gasteiger partial charge < -0.3 is 0 Å². The summed E-state index contributed by atoms with van der Waals surface area (Å²) in [4.78, 5) is 12.4. The summed E-state index contributed by atoms with van der Waals surface area (Å²) in [7, 11) is 3.31. The zero-order chi connectivity index (χ0) is 6.69. The molecule has 0 aliphatic carbocycles. The number of rotatable bonds is 2. The minimum atomic E-state index is 0.910. The molecule has 0 aromatic heterocycles. The molecular formula is C5H6OS3. The SMILES string of the molecule is CSC1=C(C=O)SSC1. The summed E-state index contributed by atoms with van der Waals surface area (Å²) < 4.78 is 0. The van der Waals surface area contributed by atoms with Gasteiger partial charge in [-0.15, -0.1) is 11.8 Å². The third-order valence-electron chi connectivity index (χ3n) is 0.967. The van der Waals surface area contributed by atoms with Crippen LogP contribution < -0.4 is 0 Å². The smallest absolute Gasteiger partial charge is 0.158 e. The maximum absolute atomic E-state index is 10.3. The van der Waals surface area contributed by atoms with E-state index in [1.165, 1.54) is 4.91 Å². The molecular weight excluding hydrogens is 172 g/mol. The highest BCUT2D eigenvalue weighted by molar-refractivity contribution is 8.79. The van der Waals surface area contributed by atoms with E-state index in [2.05, 4.69) is 0 Å². The van der Waals surface area contributed by atoms with Gasteiger partial charge >= 0.3 is 0 Å². The second-order valence-corrected chi connectivity index (χ2v) is 4.69. The highest BCUT2D eigenvalue weighted by Gasteiger charge is 2.13. The van der Waals surface area contributed by atoms with Crippen molar-refractivity contribution in [1.82, 2.24) is 0 Å². The Kier molecular flexibility index (Phi) is 3.01. The summed E-state index contributed by atoms with van der Waals surface area (Å²) in [6.07, 6.45) is 2.95. The first-order valence-corrected chi connectivity index (χ1v) is 5.94. The first-order chi connectivity index (χ1) is 4.38. The minimum absolute atomic E-state index is 0.910. The fourth-order valence-electron chi connectivity index (χ4n) is 0.509. The Balaban J connectivity index is 2.69. The lowest BCUT2D eigenvalue weighted by molar-refractivity contribution is -0.104. The molecule has 1 nitrogen and oxygen atoms in total. The van der Waals surface area contributed by atoms with Crippen molar-refractivity contribution >= 4 is 39.6 Å². The Morgan fingerprint density at radius 3 is 3.00 bits per heavy atom. The van der Waals surface area contributed by atoms with E-state index >= 15 is 0 Å². The second-order valence-electron chi connectivity index (χ2n) is 1.45. The van der Waals surface area contributed by atoms with Crippen LogP contribution in [0, 0.1) is 0 Å². The molecule has 1 aliphatic heterocycles. The zero-order valence-corrected chi connectivity index (χ0v) is 7.37. The van der Waals surface area contributed by atoms with Gasteiger partial charge in [-0.25, -0.2) is 0 Å². The van der Waals surface area contributed by atoms with E-state index in [1.54, 1.807) is 33.3 Å². The number of aldehydes is 1. The number of allylic oxidation sites excluding steroid dienone is 1. The molecule has 0 saturated heterocycles. The Hall–Kier alpha value is 0.460. The summed E-state index contributed by atoms with van der Waals surface area (Å²) in [6, 6.07) is 0. The van der Waals surface area contributed by atoms with Crippen LogP contribution in [0.2, 0.25) is 0 Å². The van der Waals surface area contributed by atoms with Gasteiger partial charge in [-0.05, 0) is 6.26 Å². The van der Waals surface area contributed by atoms with Crippen molar-refractivity contribution in [2.45, 2.75) is 0 Å². The Labute approximate surface area is 66.4 Å². The average molecular weight is 178 g/mol. The molecule has 0 fully saturated rings. The predicted molar refractivity (Wildman–Crippen MR) is 46.7 cm³/mol. The van der Waals surface area contributed by atoms with Crippen LogP contribution in [-0.4, -0.2) is 18.3 Å². The van der Waals surface area contributed by atoms with Crippen LogP contribution in [0.4, 0.5) is 0 Å². The maximum atomic E-state index is 10.3. The lowest BCUT2D eigenvalue weighted by atomic mass is 10.5. The van der Waals surface area contributed by atoms with Crippen molar-refractivity contribution in [2.75, 3.05) is 12.0 Å². The van der Waals surface area contributed by atoms with Gasteiger partial charge in [0.15, 0.2) is 6.29 Å². The van der Waals surface area contributed by atoms with E-state index in [0.717, 1.165) is 16.9 Å². The third kappa shape index (κ3) is 1.69. The monoisotopic (exact) mass is 178 g/mol. The molecule has 0 atom stereocenters. The fourth-order valence-corrected chi connectivity index (χ4v) is 4.24. The van der Waals surface area contributed by atoms with Crippen molar-refractivity contribution in [2.24, 2.45) is 0 Å². The number of hydrogen-bond donors (Lipinski definition) is 0. The molecule has 0 spiro atoms. The van der Waals surface area contributed by atoms with Gasteiger partial charge in [0, 0.05) is 10.7 Å². The highest BCUT2D eigenvalue weighted by Crippen LogP contribution is 2.43. The summed E-state index contributed by atoms with van der Waals surface area (Å²) >= 11 is 1.67. The Bertz CT molecular complexity index is 152. The molecule has 1 rings (SSSR count). The topological polar surface area (TPSA) is 17.1 Å². The predicted octanol–water partition coefficient (Wildman–Crippen LogP) is 2.15. The van der Waals surface area contributed by atoms with E-state index < -0.39 is 0 Å². The van der Waals surface area contributed by atoms with Gasteiger partial charge in [0.2, 0.25) is 0 Å². The molecule has 0 N–H and O–H groups in total. The Morgan fingerprint density at radius 1 is 1.78 bits per heavy atom. The highest BCUT2D eigenvalue weighted by atomic mass is 33.1. The normalized spacial score (nSPS) is 18.8. The largest absolute Gasteiger partial charge is 0.297 e. The molecule has 0 saturated carbocycles. The standard InChI is InChI=1S/C5H6OS3/c1-7-5-3-8-9-4(5)2-6/h2H,3H2,1H3. The molecule has 0 aromatic rings. The lowest BCUT2D eigenvalue weighted by Gasteiger charge is -1.90.